The predicted molar refractivity (Wildman–Crippen MR) is 88.1 cm³/mol. The molecule has 1 saturated carbocycles. The molecule has 0 aliphatic heterocycles. The first kappa shape index (κ1) is 19.1. The van der Waals surface area contributed by atoms with Crippen molar-refractivity contribution in [2.24, 2.45) is 0 Å². The summed E-state index contributed by atoms with van der Waals surface area (Å²) in [4.78, 5) is 25.6. The number of carbonyl (C=O) groups is 2. The van der Waals surface area contributed by atoms with Crippen LogP contribution in [0.2, 0.25) is 0 Å². The van der Waals surface area contributed by atoms with E-state index in [1.54, 1.807) is 0 Å². The van der Waals surface area contributed by atoms with E-state index in [1.165, 1.54) is 0 Å². The van der Waals surface area contributed by atoms with E-state index >= 15 is 0 Å². The maximum atomic E-state index is 12.4. The van der Waals surface area contributed by atoms with Crippen LogP contribution in [0.5, 0.6) is 0 Å². The Morgan fingerprint density at radius 3 is 2.18 bits per heavy atom. The maximum Gasteiger partial charge on any atom is 0.410 e. The van der Waals surface area contributed by atoms with Crippen LogP contribution in [0.4, 0.5) is 4.79 Å². The van der Waals surface area contributed by atoms with Crippen LogP contribution in [0.3, 0.4) is 0 Å². The summed E-state index contributed by atoms with van der Waals surface area (Å²) in [5.41, 5.74) is -0.490. The molecular formula is C16H29ClN2O3. The lowest BCUT2D eigenvalue weighted by atomic mass is 9.89. The largest absolute Gasteiger partial charge is 0.444 e. The van der Waals surface area contributed by atoms with Gasteiger partial charge in [0.05, 0.1) is 0 Å². The van der Waals surface area contributed by atoms with Crippen molar-refractivity contribution < 1.29 is 14.3 Å². The molecule has 0 radical (unpaired) electrons. The molecule has 0 heterocycles. The molecule has 1 fully saturated rings. The molecule has 0 atom stereocenters. The molecular weight excluding hydrogens is 304 g/mol. The zero-order chi connectivity index (χ0) is 16.9. The minimum atomic E-state index is -0.490. The van der Waals surface area contributed by atoms with Crippen molar-refractivity contribution in [1.82, 2.24) is 10.2 Å². The van der Waals surface area contributed by atoms with Gasteiger partial charge in [0.2, 0.25) is 5.91 Å². The third kappa shape index (κ3) is 6.03. The zero-order valence-electron chi connectivity index (χ0n) is 14.3. The van der Waals surface area contributed by atoms with Crippen LogP contribution in [0, 0.1) is 0 Å². The molecule has 1 aliphatic carbocycles. The standard InChI is InChI=1S/C16H29ClN2O3/c1-11(2)19(15(21)22-16(3,4)5)13-8-6-12(7-9-13)18-14(20)10-17/h11-13H,6-10H2,1-5H3,(H,18,20). The summed E-state index contributed by atoms with van der Waals surface area (Å²) in [7, 11) is 0. The van der Waals surface area contributed by atoms with E-state index in [0.29, 0.717) is 0 Å². The Bertz CT molecular complexity index is 385. The van der Waals surface area contributed by atoms with E-state index in [2.05, 4.69) is 5.32 Å². The van der Waals surface area contributed by atoms with Crippen molar-refractivity contribution in [2.75, 3.05) is 5.88 Å². The SMILES string of the molecule is CC(C)N(C(=O)OC(C)(C)C)C1CCC(NC(=O)CCl)CC1. The fourth-order valence-corrected chi connectivity index (χ4v) is 2.94. The number of nitrogens with zero attached hydrogens (tertiary/aromatic N) is 1. The number of nitrogens with one attached hydrogen (secondary N) is 1. The highest BCUT2D eigenvalue weighted by Gasteiger charge is 2.33. The van der Waals surface area contributed by atoms with Gasteiger partial charge in [0.25, 0.3) is 0 Å². The number of alkyl halides is 1. The Hall–Kier alpha value is -0.970. The molecule has 6 heteroatoms. The molecule has 0 unspecified atom stereocenters. The second-order valence-corrected chi connectivity index (χ2v) is 7.46. The van der Waals surface area contributed by atoms with Crippen LogP contribution in [0.15, 0.2) is 0 Å². The molecule has 0 spiro atoms. The number of halogens is 1. The Balaban J connectivity index is 2.61. The smallest absolute Gasteiger partial charge is 0.410 e. The average Bonchev–Trinajstić information content (AvgIpc) is 2.38. The molecule has 1 aliphatic rings. The number of carbonyl (C=O) groups excluding carboxylic acids is 2. The molecule has 1 N–H and O–H groups in total. The monoisotopic (exact) mass is 332 g/mol. The normalized spacial score (nSPS) is 22.3. The Morgan fingerprint density at radius 2 is 1.77 bits per heavy atom. The van der Waals surface area contributed by atoms with Gasteiger partial charge < -0.3 is 15.0 Å². The van der Waals surface area contributed by atoms with Crippen molar-refractivity contribution >= 4 is 23.6 Å². The van der Waals surface area contributed by atoms with Crippen LogP contribution in [0.1, 0.15) is 60.3 Å². The molecule has 0 aromatic rings. The van der Waals surface area contributed by atoms with Crippen LogP contribution in [0.25, 0.3) is 0 Å². The molecule has 2 amide bonds. The first-order chi connectivity index (χ1) is 10.1. The quantitative estimate of drug-likeness (QED) is 0.803. The molecule has 22 heavy (non-hydrogen) atoms. The summed E-state index contributed by atoms with van der Waals surface area (Å²) in [6.07, 6.45) is 3.20. The average molecular weight is 333 g/mol. The Kier molecular flexibility index (Phi) is 6.98. The second kappa shape index (κ2) is 8.04. The number of hydrogen-bond donors (Lipinski definition) is 1. The molecule has 0 aromatic carbocycles. The van der Waals surface area contributed by atoms with E-state index < -0.39 is 5.60 Å². The first-order valence-corrected chi connectivity index (χ1v) is 8.54. The summed E-state index contributed by atoms with van der Waals surface area (Å²) in [5, 5.41) is 2.92. The van der Waals surface area contributed by atoms with E-state index in [4.69, 9.17) is 16.3 Å². The van der Waals surface area contributed by atoms with Gasteiger partial charge in [-0.2, -0.15) is 0 Å². The maximum absolute atomic E-state index is 12.4. The van der Waals surface area contributed by atoms with Crippen molar-refractivity contribution in [3.8, 4) is 0 Å². The molecule has 1 rings (SSSR count). The molecule has 0 bridgehead atoms. The van der Waals surface area contributed by atoms with Gasteiger partial charge in [0, 0.05) is 18.1 Å². The first-order valence-electron chi connectivity index (χ1n) is 8.00. The minimum Gasteiger partial charge on any atom is -0.444 e. The van der Waals surface area contributed by atoms with Gasteiger partial charge in [-0.3, -0.25) is 4.79 Å². The van der Waals surface area contributed by atoms with Gasteiger partial charge >= 0.3 is 6.09 Å². The third-order valence-electron chi connectivity index (χ3n) is 3.74. The predicted octanol–water partition coefficient (Wildman–Crippen LogP) is 3.30. The van der Waals surface area contributed by atoms with Gasteiger partial charge in [0.15, 0.2) is 0 Å². The highest BCUT2D eigenvalue weighted by molar-refractivity contribution is 6.27. The van der Waals surface area contributed by atoms with Gasteiger partial charge in [-0.1, -0.05) is 0 Å². The molecule has 5 nitrogen and oxygen atoms in total. The summed E-state index contributed by atoms with van der Waals surface area (Å²) in [6.45, 7) is 9.64. The van der Waals surface area contributed by atoms with Crippen molar-refractivity contribution in [3.63, 3.8) is 0 Å². The molecule has 0 aromatic heterocycles. The van der Waals surface area contributed by atoms with Crippen molar-refractivity contribution in [1.29, 1.82) is 0 Å². The topological polar surface area (TPSA) is 58.6 Å². The fourth-order valence-electron chi connectivity index (χ4n) is 2.86. The number of ether oxygens (including phenoxy) is 1. The minimum absolute atomic E-state index is 0.00401. The number of rotatable bonds is 4. The lowest BCUT2D eigenvalue weighted by molar-refractivity contribution is -0.119. The lowest BCUT2D eigenvalue weighted by Crippen LogP contribution is -2.50. The highest BCUT2D eigenvalue weighted by Crippen LogP contribution is 2.26. The van der Waals surface area contributed by atoms with E-state index in [0.717, 1.165) is 25.7 Å². The van der Waals surface area contributed by atoms with Crippen LogP contribution < -0.4 is 5.32 Å². The third-order valence-corrected chi connectivity index (χ3v) is 3.98. The number of hydrogen-bond acceptors (Lipinski definition) is 3. The van der Waals surface area contributed by atoms with Gasteiger partial charge in [-0.25, -0.2) is 4.79 Å². The second-order valence-electron chi connectivity index (χ2n) is 7.19. The highest BCUT2D eigenvalue weighted by atomic mass is 35.5. The van der Waals surface area contributed by atoms with Gasteiger partial charge in [0.1, 0.15) is 11.5 Å². The Morgan fingerprint density at radius 1 is 1.23 bits per heavy atom. The van der Waals surface area contributed by atoms with Gasteiger partial charge in [-0.15, -0.1) is 11.6 Å². The van der Waals surface area contributed by atoms with Crippen molar-refractivity contribution in [2.45, 2.75) is 84.0 Å². The summed E-state index contributed by atoms with van der Waals surface area (Å²) < 4.78 is 5.52. The summed E-state index contributed by atoms with van der Waals surface area (Å²) in [6, 6.07) is 0.419. The Labute approximate surface area is 138 Å². The summed E-state index contributed by atoms with van der Waals surface area (Å²) >= 11 is 5.51. The number of amides is 2. The van der Waals surface area contributed by atoms with Crippen LogP contribution >= 0.6 is 11.6 Å². The van der Waals surface area contributed by atoms with Crippen molar-refractivity contribution in [3.05, 3.63) is 0 Å². The fraction of sp³-hybridized carbons (Fsp3) is 0.875. The molecule has 128 valence electrons. The zero-order valence-corrected chi connectivity index (χ0v) is 15.1. The van der Waals surface area contributed by atoms with Gasteiger partial charge in [-0.05, 0) is 60.3 Å². The lowest BCUT2D eigenvalue weighted by Gasteiger charge is -2.40. The van der Waals surface area contributed by atoms with E-state index in [9.17, 15) is 9.59 Å². The van der Waals surface area contributed by atoms with Crippen LogP contribution in [-0.4, -0.2) is 46.5 Å². The van der Waals surface area contributed by atoms with Crippen LogP contribution in [-0.2, 0) is 9.53 Å². The van der Waals surface area contributed by atoms with E-state index in [1.807, 2.05) is 39.5 Å². The van der Waals surface area contributed by atoms with E-state index in [-0.39, 0.29) is 36.0 Å². The summed E-state index contributed by atoms with van der Waals surface area (Å²) in [5.74, 6) is -0.131. The molecule has 0 saturated heterocycles.